The number of hydrogen-bond acceptors (Lipinski definition) is 4. The molecule has 0 saturated carbocycles. The first-order valence-electron chi connectivity index (χ1n) is 6.02. The van der Waals surface area contributed by atoms with Gasteiger partial charge in [-0.1, -0.05) is 28.9 Å². The number of nitrogens with zero attached hydrogens (tertiary/aromatic N) is 1. The maximum atomic E-state index is 8.96. The Labute approximate surface area is 118 Å². The topological polar surface area (TPSA) is 90.9 Å². The fourth-order valence-electron chi connectivity index (χ4n) is 1.61. The highest BCUT2D eigenvalue weighted by Gasteiger charge is 2.16. The first-order valence-corrected chi connectivity index (χ1v) is 6.39. The molecule has 1 rings (SSSR count). The molecule has 0 aliphatic carbocycles. The van der Waals surface area contributed by atoms with Crippen LogP contribution in [0.15, 0.2) is 23.4 Å². The number of aliphatic hydroxyl groups is 1. The predicted molar refractivity (Wildman–Crippen MR) is 76.6 cm³/mol. The number of hydrogen-bond donors (Lipinski definition) is 4. The maximum Gasteiger partial charge on any atom is 0.170 e. The molecule has 0 fully saturated rings. The fraction of sp³-hybridized carbons (Fsp3) is 0.462. The van der Waals surface area contributed by atoms with Gasteiger partial charge in [-0.25, -0.2) is 0 Å². The molecule has 0 saturated heterocycles. The lowest BCUT2D eigenvalue weighted by Gasteiger charge is -2.25. The molecule has 106 valence electrons. The van der Waals surface area contributed by atoms with Crippen LogP contribution in [0.2, 0.25) is 5.02 Å². The number of benzene rings is 1. The summed E-state index contributed by atoms with van der Waals surface area (Å²) in [6.07, 6.45) is 0.660. The average Bonchev–Trinajstić information content (AvgIpc) is 2.36. The lowest BCUT2D eigenvalue weighted by atomic mass is 10.0. The number of amidine groups is 1. The SMILES string of the molecule is CC(C)(CCO)NCc1ccc(/C(N)=N/O)cc1Cl. The summed E-state index contributed by atoms with van der Waals surface area (Å²) in [4.78, 5) is 0. The second-order valence-electron chi connectivity index (χ2n) is 5.00. The van der Waals surface area contributed by atoms with Crippen molar-refractivity contribution in [3.05, 3.63) is 34.3 Å². The highest BCUT2D eigenvalue weighted by molar-refractivity contribution is 6.31. The molecule has 1 aromatic carbocycles. The van der Waals surface area contributed by atoms with Crippen molar-refractivity contribution in [2.24, 2.45) is 10.9 Å². The zero-order valence-corrected chi connectivity index (χ0v) is 11.9. The van der Waals surface area contributed by atoms with Crippen molar-refractivity contribution in [2.45, 2.75) is 32.4 Å². The van der Waals surface area contributed by atoms with E-state index in [2.05, 4.69) is 10.5 Å². The van der Waals surface area contributed by atoms with Gasteiger partial charge >= 0.3 is 0 Å². The van der Waals surface area contributed by atoms with Gasteiger partial charge in [0.05, 0.1) is 0 Å². The molecule has 0 unspecified atom stereocenters. The van der Waals surface area contributed by atoms with Crippen LogP contribution in [0, 0.1) is 0 Å². The van der Waals surface area contributed by atoms with Gasteiger partial charge in [0, 0.05) is 29.3 Å². The van der Waals surface area contributed by atoms with Gasteiger partial charge in [-0.3, -0.25) is 0 Å². The van der Waals surface area contributed by atoms with Gasteiger partial charge in [-0.15, -0.1) is 0 Å². The van der Waals surface area contributed by atoms with Crippen molar-refractivity contribution in [1.82, 2.24) is 5.32 Å². The normalized spacial score (nSPS) is 12.7. The molecular weight excluding hydrogens is 266 g/mol. The van der Waals surface area contributed by atoms with E-state index in [0.29, 0.717) is 23.6 Å². The molecule has 19 heavy (non-hydrogen) atoms. The molecular formula is C13H20ClN3O2. The zero-order chi connectivity index (χ0) is 14.5. The summed E-state index contributed by atoms with van der Waals surface area (Å²) in [5.41, 5.74) is 6.82. The Bertz CT molecular complexity index is 461. The van der Waals surface area contributed by atoms with Crippen molar-refractivity contribution < 1.29 is 10.3 Å². The molecule has 0 heterocycles. The second-order valence-corrected chi connectivity index (χ2v) is 5.41. The Morgan fingerprint density at radius 2 is 2.16 bits per heavy atom. The molecule has 0 bridgehead atoms. The van der Waals surface area contributed by atoms with E-state index >= 15 is 0 Å². The molecule has 0 amide bonds. The maximum absolute atomic E-state index is 8.96. The van der Waals surface area contributed by atoms with Gasteiger partial charge < -0.3 is 21.4 Å². The summed E-state index contributed by atoms with van der Waals surface area (Å²) in [6.45, 7) is 4.75. The number of aliphatic hydroxyl groups excluding tert-OH is 1. The molecule has 5 nitrogen and oxygen atoms in total. The van der Waals surface area contributed by atoms with Crippen LogP contribution in [-0.4, -0.2) is 28.3 Å². The van der Waals surface area contributed by atoms with Crippen LogP contribution in [0.1, 0.15) is 31.4 Å². The quantitative estimate of drug-likeness (QED) is 0.277. The van der Waals surface area contributed by atoms with Crippen LogP contribution >= 0.6 is 11.6 Å². The third-order valence-electron chi connectivity index (χ3n) is 2.95. The summed E-state index contributed by atoms with van der Waals surface area (Å²) in [5.74, 6) is 0.0296. The Morgan fingerprint density at radius 3 is 2.68 bits per heavy atom. The minimum absolute atomic E-state index is 0.0296. The summed E-state index contributed by atoms with van der Waals surface area (Å²) < 4.78 is 0. The van der Waals surface area contributed by atoms with Gasteiger partial charge in [0.1, 0.15) is 0 Å². The van der Waals surface area contributed by atoms with E-state index in [9.17, 15) is 0 Å². The van der Waals surface area contributed by atoms with Gasteiger partial charge in [-0.05, 0) is 31.9 Å². The van der Waals surface area contributed by atoms with Crippen LogP contribution in [-0.2, 0) is 6.54 Å². The van der Waals surface area contributed by atoms with Crippen molar-refractivity contribution >= 4 is 17.4 Å². The van der Waals surface area contributed by atoms with E-state index in [-0.39, 0.29) is 18.0 Å². The molecule has 0 atom stereocenters. The summed E-state index contributed by atoms with van der Waals surface area (Å²) >= 11 is 6.15. The molecule has 6 heteroatoms. The standard InChI is InChI=1S/C13H20ClN3O2/c1-13(2,5-6-18)16-8-10-4-3-9(7-11(10)14)12(15)17-19/h3-4,7,16,18-19H,5-6,8H2,1-2H3,(H2,15,17). The average molecular weight is 286 g/mol. The van der Waals surface area contributed by atoms with Crippen molar-refractivity contribution in [3.8, 4) is 0 Å². The minimum atomic E-state index is -0.164. The second kappa shape index (κ2) is 6.75. The van der Waals surface area contributed by atoms with Gasteiger partial charge in [0.25, 0.3) is 0 Å². The number of halogens is 1. The smallest absolute Gasteiger partial charge is 0.170 e. The fourth-order valence-corrected chi connectivity index (χ4v) is 1.86. The van der Waals surface area contributed by atoms with Gasteiger partial charge in [-0.2, -0.15) is 0 Å². The lowest BCUT2D eigenvalue weighted by Crippen LogP contribution is -2.39. The minimum Gasteiger partial charge on any atom is -0.409 e. The van der Waals surface area contributed by atoms with Gasteiger partial charge in [0.2, 0.25) is 0 Å². The van der Waals surface area contributed by atoms with Gasteiger partial charge in [0.15, 0.2) is 5.84 Å². The molecule has 0 radical (unpaired) electrons. The number of nitrogens with one attached hydrogen (secondary N) is 1. The Balaban J connectivity index is 2.76. The Morgan fingerprint density at radius 1 is 1.47 bits per heavy atom. The molecule has 0 spiro atoms. The molecule has 0 aliphatic heterocycles. The highest BCUT2D eigenvalue weighted by atomic mass is 35.5. The summed E-state index contributed by atoms with van der Waals surface area (Å²) in [6, 6.07) is 5.24. The monoisotopic (exact) mass is 285 g/mol. The Kier molecular flexibility index (Phi) is 5.60. The van der Waals surface area contributed by atoms with Crippen LogP contribution < -0.4 is 11.1 Å². The van der Waals surface area contributed by atoms with Crippen LogP contribution in [0.5, 0.6) is 0 Å². The van der Waals surface area contributed by atoms with E-state index in [0.717, 1.165) is 5.56 Å². The van der Waals surface area contributed by atoms with Crippen molar-refractivity contribution in [1.29, 1.82) is 0 Å². The number of oxime groups is 1. The van der Waals surface area contributed by atoms with E-state index in [4.69, 9.17) is 27.6 Å². The lowest BCUT2D eigenvalue weighted by molar-refractivity contribution is 0.230. The third kappa shape index (κ3) is 4.70. The molecule has 0 aliphatic rings. The van der Waals surface area contributed by atoms with Crippen LogP contribution in [0.3, 0.4) is 0 Å². The van der Waals surface area contributed by atoms with Crippen LogP contribution in [0.4, 0.5) is 0 Å². The highest BCUT2D eigenvalue weighted by Crippen LogP contribution is 2.19. The third-order valence-corrected chi connectivity index (χ3v) is 3.30. The molecule has 5 N–H and O–H groups in total. The molecule has 0 aromatic heterocycles. The van der Waals surface area contributed by atoms with Crippen molar-refractivity contribution in [2.75, 3.05) is 6.61 Å². The molecule has 1 aromatic rings. The predicted octanol–water partition coefficient (Wildman–Crippen LogP) is 1.69. The zero-order valence-electron chi connectivity index (χ0n) is 11.2. The van der Waals surface area contributed by atoms with E-state index in [1.165, 1.54) is 0 Å². The summed E-state index contributed by atoms with van der Waals surface area (Å²) in [7, 11) is 0. The number of nitrogens with two attached hydrogens (primary N) is 1. The van der Waals surface area contributed by atoms with Crippen LogP contribution in [0.25, 0.3) is 0 Å². The first-order chi connectivity index (χ1) is 8.89. The first kappa shape index (κ1) is 15.8. The Hall–Kier alpha value is -1.30. The van der Waals surface area contributed by atoms with E-state index in [1.807, 2.05) is 19.9 Å². The van der Waals surface area contributed by atoms with E-state index in [1.54, 1.807) is 12.1 Å². The van der Waals surface area contributed by atoms with Crippen molar-refractivity contribution in [3.63, 3.8) is 0 Å². The van der Waals surface area contributed by atoms with E-state index < -0.39 is 0 Å². The number of rotatable bonds is 6. The summed E-state index contributed by atoms with van der Waals surface area (Å²) in [5, 5.41) is 24.4. The largest absolute Gasteiger partial charge is 0.409 e.